The summed E-state index contributed by atoms with van der Waals surface area (Å²) in [6.45, 7) is 0. The maximum absolute atomic E-state index is 8.72. The molecule has 1 aromatic heterocycles. The molecule has 0 aliphatic rings. The average molecular weight is 245 g/mol. The van der Waals surface area contributed by atoms with Gasteiger partial charge in [-0.1, -0.05) is 11.6 Å². The van der Waals surface area contributed by atoms with Crippen LogP contribution >= 0.6 is 11.6 Å². The molecule has 0 fully saturated rings. The van der Waals surface area contributed by atoms with Crippen LogP contribution in [0.15, 0.2) is 36.7 Å². The first kappa shape index (κ1) is 11.4. The van der Waals surface area contributed by atoms with Crippen molar-refractivity contribution in [2.75, 3.05) is 11.9 Å². The Kier molecular flexibility index (Phi) is 3.22. The van der Waals surface area contributed by atoms with Crippen molar-refractivity contribution in [1.29, 1.82) is 5.26 Å². The zero-order chi connectivity index (χ0) is 12.3. The highest BCUT2D eigenvalue weighted by Crippen LogP contribution is 2.22. The lowest BCUT2D eigenvalue weighted by Crippen LogP contribution is -2.11. The monoisotopic (exact) mass is 244 g/mol. The normalized spacial score (nSPS) is 9.71. The molecule has 2 aromatic rings. The quantitative estimate of drug-likeness (QED) is 0.763. The average Bonchev–Trinajstić information content (AvgIpc) is 2.38. The minimum absolute atomic E-state index is 0.399. The van der Waals surface area contributed by atoms with Gasteiger partial charge in [0, 0.05) is 18.8 Å². The topological polar surface area (TPSA) is 52.8 Å². The molecule has 0 radical (unpaired) electrons. The number of halogens is 1. The molecule has 0 saturated heterocycles. The summed E-state index contributed by atoms with van der Waals surface area (Å²) in [5.41, 5.74) is 1.56. The third kappa shape index (κ3) is 2.52. The maximum Gasteiger partial charge on any atom is 0.137 e. The first-order valence-corrected chi connectivity index (χ1v) is 5.30. The van der Waals surface area contributed by atoms with E-state index in [0.717, 1.165) is 5.69 Å². The highest BCUT2D eigenvalue weighted by Gasteiger charge is 2.05. The molecular weight excluding hydrogens is 236 g/mol. The van der Waals surface area contributed by atoms with Gasteiger partial charge in [-0.3, -0.25) is 0 Å². The fourth-order valence-corrected chi connectivity index (χ4v) is 1.54. The molecule has 0 aliphatic carbocycles. The summed E-state index contributed by atoms with van der Waals surface area (Å²) in [6.07, 6.45) is 1.41. The van der Waals surface area contributed by atoms with Crippen LogP contribution in [0.2, 0.25) is 5.15 Å². The van der Waals surface area contributed by atoms with Crippen molar-refractivity contribution in [3.8, 4) is 6.07 Å². The summed E-state index contributed by atoms with van der Waals surface area (Å²) < 4.78 is 0. The third-order valence-electron chi connectivity index (χ3n) is 2.35. The van der Waals surface area contributed by atoms with E-state index >= 15 is 0 Å². The number of benzene rings is 1. The van der Waals surface area contributed by atoms with Gasteiger partial charge in [0.05, 0.1) is 11.6 Å². The Balaban J connectivity index is 2.30. The maximum atomic E-state index is 8.72. The van der Waals surface area contributed by atoms with Crippen molar-refractivity contribution < 1.29 is 0 Å². The summed E-state index contributed by atoms with van der Waals surface area (Å²) >= 11 is 5.80. The van der Waals surface area contributed by atoms with Crippen molar-refractivity contribution in [2.45, 2.75) is 0 Å². The van der Waals surface area contributed by atoms with Crippen molar-refractivity contribution in [3.63, 3.8) is 0 Å². The number of nitrogens with zero attached hydrogens (tertiary/aromatic N) is 4. The van der Waals surface area contributed by atoms with Crippen LogP contribution in [0, 0.1) is 11.3 Å². The molecule has 0 atom stereocenters. The Hall–Kier alpha value is -2.12. The number of nitriles is 1. The van der Waals surface area contributed by atoms with E-state index in [9.17, 15) is 0 Å². The van der Waals surface area contributed by atoms with Gasteiger partial charge in [-0.25, -0.2) is 9.97 Å². The van der Waals surface area contributed by atoms with Gasteiger partial charge >= 0.3 is 0 Å². The summed E-state index contributed by atoms with van der Waals surface area (Å²) in [5, 5.41) is 9.12. The highest BCUT2D eigenvalue weighted by atomic mass is 35.5. The molecule has 1 heterocycles. The van der Waals surface area contributed by atoms with Gasteiger partial charge in [0.15, 0.2) is 0 Å². The summed E-state index contributed by atoms with van der Waals surface area (Å²) in [6, 6.07) is 11.0. The zero-order valence-corrected chi connectivity index (χ0v) is 9.89. The van der Waals surface area contributed by atoms with Gasteiger partial charge in [0.25, 0.3) is 0 Å². The highest BCUT2D eigenvalue weighted by molar-refractivity contribution is 6.29. The minimum atomic E-state index is 0.399. The second kappa shape index (κ2) is 4.81. The SMILES string of the molecule is CN(c1ccc(C#N)cc1)c1cc(Cl)ncn1. The molecule has 2 rings (SSSR count). The van der Waals surface area contributed by atoms with Crippen molar-refractivity contribution in [2.24, 2.45) is 0 Å². The van der Waals surface area contributed by atoms with Crippen LogP contribution in [0.1, 0.15) is 5.56 Å². The van der Waals surface area contributed by atoms with E-state index in [-0.39, 0.29) is 0 Å². The van der Waals surface area contributed by atoms with Crippen LogP contribution in [0.5, 0.6) is 0 Å². The first-order chi connectivity index (χ1) is 8.20. The second-order valence-corrected chi connectivity index (χ2v) is 3.80. The molecule has 0 spiro atoms. The Morgan fingerprint density at radius 3 is 2.53 bits per heavy atom. The van der Waals surface area contributed by atoms with Crippen LogP contribution in [0.3, 0.4) is 0 Å². The number of hydrogen-bond acceptors (Lipinski definition) is 4. The molecule has 84 valence electrons. The predicted octanol–water partition coefficient (Wildman–Crippen LogP) is 2.77. The molecule has 4 nitrogen and oxygen atoms in total. The molecule has 17 heavy (non-hydrogen) atoms. The lowest BCUT2D eigenvalue weighted by Gasteiger charge is -2.17. The molecular formula is C12H9ClN4. The van der Waals surface area contributed by atoms with Crippen LogP contribution in [-0.2, 0) is 0 Å². The van der Waals surface area contributed by atoms with Gasteiger partial charge < -0.3 is 4.90 Å². The Labute approximate surface area is 104 Å². The fraction of sp³-hybridized carbons (Fsp3) is 0.0833. The number of hydrogen-bond donors (Lipinski definition) is 0. The lowest BCUT2D eigenvalue weighted by atomic mass is 10.2. The molecule has 0 aliphatic heterocycles. The standard InChI is InChI=1S/C12H9ClN4/c1-17(12-6-11(13)15-8-16-12)10-4-2-9(7-14)3-5-10/h2-6,8H,1H3. The van der Waals surface area contributed by atoms with Gasteiger partial charge in [-0.15, -0.1) is 0 Å². The molecule has 0 bridgehead atoms. The van der Waals surface area contributed by atoms with Crippen LogP contribution in [-0.4, -0.2) is 17.0 Å². The molecule has 0 unspecified atom stereocenters. The summed E-state index contributed by atoms with van der Waals surface area (Å²) in [7, 11) is 1.88. The number of anilines is 2. The smallest absolute Gasteiger partial charge is 0.137 e. The molecule has 1 aromatic carbocycles. The number of aromatic nitrogens is 2. The molecule has 5 heteroatoms. The van der Waals surface area contributed by atoms with E-state index in [1.807, 2.05) is 24.1 Å². The van der Waals surface area contributed by atoms with Crippen molar-refractivity contribution >= 4 is 23.1 Å². The van der Waals surface area contributed by atoms with Crippen LogP contribution < -0.4 is 4.90 Å². The number of rotatable bonds is 2. The Bertz CT molecular complexity index is 559. The minimum Gasteiger partial charge on any atom is -0.329 e. The van der Waals surface area contributed by atoms with E-state index in [1.165, 1.54) is 6.33 Å². The van der Waals surface area contributed by atoms with E-state index in [2.05, 4.69) is 16.0 Å². The van der Waals surface area contributed by atoms with E-state index < -0.39 is 0 Å². The second-order valence-electron chi connectivity index (χ2n) is 3.42. The molecule has 0 amide bonds. The van der Waals surface area contributed by atoms with E-state index in [1.54, 1.807) is 18.2 Å². The van der Waals surface area contributed by atoms with Crippen LogP contribution in [0.25, 0.3) is 0 Å². The fourth-order valence-electron chi connectivity index (χ4n) is 1.40. The van der Waals surface area contributed by atoms with Gasteiger partial charge in [-0.2, -0.15) is 5.26 Å². The predicted molar refractivity (Wildman–Crippen MR) is 66.3 cm³/mol. The van der Waals surface area contributed by atoms with Gasteiger partial charge in [0.2, 0.25) is 0 Å². The Morgan fingerprint density at radius 1 is 1.24 bits per heavy atom. The van der Waals surface area contributed by atoms with Crippen molar-refractivity contribution in [3.05, 3.63) is 47.4 Å². The summed E-state index contributed by atoms with van der Waals surface area (Å²) in [4.78, 5) is 9.82. The first-order valence-electron chi connectivity index (χ1n) is 4.92. The summed E-state index contributed by atoms with van der Waals surface area (Å²) in [5.74, 6) is 0.703. The largest absolute Gasteiger partial charge is 0.329 e. The molecule has 0 N–H and O–H groups in total. The van der Waals surface area contributed by atoms with Gasteiger partial charge in [0.1, 0.15) is 17.3 Å². The van der Waals surface area contributed by atoms with Gasteiger partial charge in [-0.05, 0) is 24.3 Å². The molecule has 0 saturated carbocycles. The third-order valence-corrected chi connectivity index (χ3v) is 2.55. The van der Waals surface area contributed by atoms with E-state index in [4.69, 9.17) is 16.9 Å². The van der Waals surface area contributed by atoms with Crippen LogP contribution in [0.4, 0.5) is 11.5 Å². The lowest BCUT2D eigenvalue weighted by molar-refractivity contribution is 1.08. The Morgan fingerprint density at radius 2 is 1.94 bits per heavy atom. The van der Waals surface area contributed by atoms with Crippen molar-refractivity contribution in [1.82, 2.24) is 9.97 Å². The zero-order valence-electron chi connectivity index (χ0n) is 9.13. The van der Waals surface area contributed by atoms with E-state index in [0.29, 0.717) is 16.5 Å².